The second-order valence-electron chi connectivity index (χ2n) is 2.26. The molecule has 1 fully saturated rings. The van der Waals surface area contributed by atoms with Crippen LogP contribution in [0, 0.1) is 0 Å². The Morgan fingerprint density at radius 3 is 2.30 bits per heavy atom. The van der Waals surface area contributed by atoms with Crippen molar-refractivity contribution in [1.29, 1.82) is 0 Å². The molecule has 1 heterocycles. The Kier molecular flexibility index (Phi) is 9.97. The molecule has 0 bridgehead atoms. The molecule has 1 atom stereocenters. The van der Waals surface area contributed by atoms with Crippen LogP contribution in [0.5, 0.6) is 0 Å². The van der Waals surface area contributed by atoms with Gasteiger partial charge in [-0.1, -0.05) is 6.92 Å². The predicted molar refractivity (Wildman–Crippen MR) is 49.4 cm³/mol. The molecule has 64 valence electrons. The van der Waals surface area contributed by atoms with E-state index in [1.54, 1.807) is 0 Å². The molecular formula is C6H16Cl2N2. The summed E-state index contributed by atoms with van der Waals surface area (Å²) >= 11 is 0. The lowest BCUT2D eigenvalue weighted by molar-refractivity contribution is 0.410. The smallest absolute Gasteiger partial charge is 0.0190 e. The maximum absolute atomic E-state index is 3.41. The molecule has 2 nitrogen and oxygen atoms in total. The van der Waals surface area contributed by atoms with E-state index in [1.165, 1.54) is 6.42 Å². The third-order valence-corrected chi connectivity index (χ3v) is 1.62. The molecule has 1 aliphatic rings. The van der Waals surface area contributed by atoms with Gasteiger partial charge in [0, 0.05) is 25.7 Å². The van der Waals surface area contributed by atoms with Crippen molar-refractivity contribution in [2.45, 2.75) is 19.4 Å². The Balaban J connectivity index is 0. The Morgan fingerprint density at radius 1 is 1.30 bits per heavy atom. The molecule has 0 amide bonds. The molecule has 1 rings (SSSR count). The van der Waals surface area contributed by atoms with Gasteiger partial charge in [-0.25, -0.2) is 0 Å². The van der Waals surface area contributed by atoms with Gasteiger partial charge in [0.1, 0.15) is 0 Å². The molecule has 0 spiro atoms. The van der Waals surface area contributed by atoms with E-state index < -0.39 is 0 Å². The Bertz CT molecular complexity index is 64.8. The summed E-state index contributed by atoms with van der Waals surface area (Å²) in [5.74, 6) is 0. The minimum Gasteiger partial charge on any atom is -0.314 e. The average molecular weight is 187 g/mol. The molecule has 1 saturated heterocycles. The normalized spacial score (nSPS) is 24.3. The summed E-state index contributed by atoms with van der Waals surface area (Å²) in [7, 11) is 0. The lowest BCUT2D eigenvalue weighted by atomic mass is 10.2. The van der Waals surface area contributed by atoms with Gasteiger partial charge in [-0.15, -0.1) is 24.8 Å². The highest BCUT2D eigenvalue weighted by atomic mass is 35.5. The predicted octanol–water partition coefficient (Wildman–Crippen LogP) is 0.801. The molecule has 0 radical (unpaired) electrons. The lowest BCUT2D eigenvalue weighted by Gasteiger charge is -2.22. The third-order valence-electron chi connectivity index (χ3n) is 1.62. The topological polar surface area (TPSA) is 24.1 Å². The van der Waals surface area contributed by atoms with E-state index in [2.05, 4.69) is 17.6 Å². The van der Waals surface area contributed by atoms with Crippen LogP contribution in [0.25, 0.3) is 0 Å². The van der Waals surface area contributed by atoms with Crippen LogP contribution >= 0.6 is 24.8 Å². The van der Waals surface area contributed by atoms with Crippen LogP contribution in [0.4, 0.5) is 0 Å². The Hall–Kier alpha value is 0.500. The van der Waals surface area contributed by atoms with E-state index in [-0.39, 0.29) is 24.8 Å². The standard InChI is InChI=1S/C6H14N2.2ClH/c1-2-6-5-7-3-4-8-6;;/h6-8H,2-5H2,1H3;2*1H. The van der Waals surface area contributed by atoms with Crippen molar-refractivity contribution in [2.24, 2.45) is 0 Å². The molecular weight excluding hydrogens is 171 g/mol. The third kappa shape index (κ3) is 4.34. The number of hydrogen-bond acceptors (Lipinski definition) is 2. The quantitative estimate of drug-likeness (QED) is 0.634. The van der Waals surface area contributed by atoms with Crippen LogP contribution in [0.15, 0.2) is 0 Å². The van der Waals surface area contributed by atoms with Crippen molar-refractivity contribution in [3.63, 3.8) is 0 Å². The SMILES string of the molecule is CCC1CNCCN1.Cl.Cl. The van der Waals surface area contributed by atoms with Crippen LogP contribution < -0.4 is 10.6 Å². The van der Waals surface area contributed by atoms with Gasteiger partial charge in [-0.05, 0) is 6.42 Å². The molecule has 0 saturated carbocycles. The summed E-state index contributed by atoms with van der Waals surface area (Å²) in [5, 5.41) is 6.73. The first kappa shape index (κ1) is 13.1. The van der Waals surface area contributed by atoms with Crippen LogP contribution in [-0.4, -0.2) is 25.7 Å². The van der Waals surface area contributed by atoms with Crippen LogP contribution in [0.1, 0.15) is 13.3 Å². The van der Waals surface area contributed by atoms with Gasteiger partial charge in [0.15, 0.2) is 0 Å². The van der Waals surface area contributed by atoms with Gasteiger partial charge in [0.25, 0.3) is 0 Å². The van der Waals surface area contributed by atoms with E-state index >= 15 is 0 Å². The second kappa shape index (κ2) is 7.61. The monoisotopic (exact) mass is 186 g/mol. The maximum Gasteiger partial charge on any atom is 0.0190 e. The van der Waals surface area contributed by atoms with Crippen molar-refractivity contribution in [1.82, 2.24) is 10.6 Å². The highest BCUT2D eigenvalue weighted by Gasteiger charge is 2.07. The van der Waals surface area contributed by atoms with Crippen molar-refractivity contribution in [3.8, 4) is 0 Å². The fraction of sp³-hybridized carbons (Fsp3) is 1.00. The van der Waals surface area contributed by atoms with Gasteiger partial charge in [0.05, 0.1) is 0 Å². The van der Waals surface area contributed by atoms with Crippen LogP contribution in [-0.2, 0) is 0 Å². The number of halogens is 2. The van der Waals surface area contributed by atoms with E-state index in [4.69, 9.17) is 0 Å². The molecule has 0 aromatic rings. The van der Waals surface area contributed by atoms with Gasteiger partial charge in [-0.2, -0.15) is 0 Å². The summed E-state index contributed by atoms with van der Waals surface area (Å²) in [4.78, 5) is 0. The number of rotatable bonds is 1. The van der Waals surface area contributed by atoms with Crippen LogP contribution in [0.3, 0.4) is 0 Å². The second-order valence-corrected chi connectivity index (χ2v) is 2.26. The largest absolute Gasteiger partial charge is 0.314 e. The van der Waals surface area contributed by atoms with Gasteiger partial charge in [-0.3, -0.25) is 0 Å². The number of nitrogens with one attached hydrogen (secondary N) is 2. The molecule has 4 heteroatoms. The Labute approximate surface area is 75.0 Å². The highest BCUT2D eigenvalue weighted by molar-refractivity contribution is 5.85. The summed E-state index contributed by atoms with van der Waals surface area (Å²) in [6.45, 7) is 5.64. The van der Waals surface area contributed by atoms with E-state index in [0.717, 1.165) is 25.7 Å². The zero-order chi connectivity index (χ0) is 5.82. The first-order chi connectivity index (χ1) is 3.93. The maximum atomic E-state index is 3.41. The number of hydrogen-bond donors (Lipinski definition) is 2. The zero-order valence-electron chi connectivity index (χ0n) is 6.22. The van der Waals surface area contributed by atoms with Crippen molar-refractivity contribution in [3.05, 3.63) is 0 Å². The molecule has 1 aliphatic heterocycles. The summed E-state index contributed by atoms with van der Waals surface area (Å²) < 4.78 is 0. The van der Waals surface area contributed by atoms with Crippen LogP contribution in [0.2, 0.25) is 0 Å². The lowest BCUT2D eigenvalue weighted by Crippen LogP contribution is -2.47. The zero-order valence-corrected chi connectivity index (χ0v) is 7.86. The molecule has 10 heavy (non-hydrogen) atoms. The first-order valence-electron chi connectivity index (χ1n) is 3.37. The first-order valence-corrected chi connectivity index (χ1v) is 3.37. The van der Waals surface area contributed by atoms with Crippen molar-refractivity contribution in [2.75, 3.05) is 19.6 Å². The fourth-order valence-corrected chi connectivity index (χ4v) is 1.00. The molecule has 1 unspecified atom stereocenters. The molecule has 0 aliphatic carbocycles. The van der Waals surface area contributed by atoms with Gasteiger partial charge in [0.2, 0.25) is 0 Å². The summed E-state index contributed by atoms with van der Waals surface area (Å²) in [6.07, 6.45) is 1.24. The van der Waals surface area contributed by atoms with E-state index in [9.17, 15) is 0 Å². The van der Waals surface area contributed by atoms with E-state index in [1.807, 2.05) is 0 Å². The van der Waals surface area contributed by atoms with Crippen molar-refractivity contribution < 1.29 is 0 Å². The Morgan fingerprint density at radius 2 is 2.00 bits per heavy atom. The highest BCUT2D eigenvalue weighted by Crippen LogP contribution is 1.90. The van der Waals surface area contributed by atoms with Gasteiger partial charge >= 0.3 is 0 Å². The minimum atomic E-state index is 0. The molecule has 0 aromatic heterocycles. The average Bonchev–Trinajstić information content (AvgIpc) is 1.90. The summed E-state index contributed by atoms with van der Waals surface area (Å²) in [5.41, 5.74) is 0. The fourth-order valence-electron chi connectivity index (χ4n) is 1.00. The van der Waals surface area contributed by atoms with Crippen molar-refractivity contribution >= 4 is 24.8 Å². The molecule has 0 aromatic carbocycles. The minimum absolute atomic E-state index is 0. The number of piperazine rings is 1. The van der Waals surface area contributed by atoms with E-state index in [0.29, 0.717) is 0 Å². The summed E-state index contributed by atoms with van der Waals surface area (Å²) in [6, 6.07) is 0.726. The van der Waals surface area contributed by atoms with Gasteiger partial charge < -0.3 is 10.6 Å². The molecule has 2 N–H and O–H groups in total.